The van der Waals surface area contributed by atoms with Gasteiger partial charge < -0.3 is 29.6 Å². The summed E-state index contributed by atoms with van der Waals surface area (Å²) in [6.45, 7) is 2.15. The van der Waals surface area contributed by atoms with Gasteiger partial charge in [-0.1, -0.05) is 12.1 Å². The molecule has 0 aliphatic rings. The molecule has 4 rings (SSSR count). The number of carbonyl (C=O) groups is 1. The highest BCUT2D eigenvalue weighted by atomic mass is 16.5. The van der Waals surface area contributed by atoms with Crippen LogP contribution in [0.25, 0.3) is 21.8 Å². The first-order chi connectivity index (χ1) is 16.5. The third-order valence-electron chi connectivity index (χ3n) is 5.57. The Bertz CT molecular complexity index is 1370. The van der Waals surface area contributed by atoms with Crippen LogP contribution in [0.2, 0.25) is 0 Å². The van der Waals surface area contributed by atoms with Crippen molar-refractivity contribution < 1.29 is 23.7 Å². The second-order valence-corrected chi connectivity index (χ2v) is 7.70. The van der Waals surface area contributed by atoms with Crippen LogP contribution in [0.1, 0.15) is 11.1 Å². The van der Waals surface area contributed by atoms with E-state index in [2.05, 4.69) is 10.6 Å². The molecule has 176 valence electrons. The number of hydrogen-bond donors (Lipinski definition) is 2. The minimum atomic E-state index is -0.479. The Morgan fingerprint density at radius 3 is 2.21 bits per heavy atom. The molecule has 0 saturated carbocycles. The number of aryl methyl sites for hydroxylation is 1. The second kappa shape index (κ2) is 9.74. The SMILES string of the molecule is CNC(=O)OCc1cccc(Nc2c3cc(OC)c(C)cc3nc3cc(OC)c(OC)cc23)c1. The molecule has 0 unspecified atom stereocenters. The topological polar surface area (TPSA) is 90.9 Å². The van der Waals surface area contributed by atoms with Crippen LogP contribution < -0.4 is 24.8 Å². The van der Waals surface area contributed by atoms with Gasteiger partial charge in [0.25, 0.3) is 0 Å². The maximum absolute atomic E-state index is 11.5. The van der Waals surface area contributed by atoms with E-state index in [-0.39, 0.29) is 6.61 Å². The van der Waals surface area contributed by atoms with E-state index in [1.807, 2.05) is 55.5 Å². The minimum absolute atomic E-state index is 0.158. The van der Waals surface area contributed by atoms with Gasteiger partial charge >= 0.3 is 6.09 Å². The first-order valence-electron chi connectivity index (χ1n) is 10.7. The number of benzene rings is 3. The van der Waals surface area contributed by atoms with E-state index in [0.29, 0.717) is 11.5 Å². The average molecular weight is 462 g/mol. The zero-order chi connectivity index (χ0) is 24.2. The van der Waals surface area contributed by atoms with Gasteiger partial charge in [-0.05, 0) is 48.4 Å². The molecule has 8 heteroatoms. The summed E-state index contributed by atoms with van der Waals surface area (Å²) in [5, 5.41) is 7.75. The molecule has 3 aromatic carbocycles. The largest absolute Gasteiger partial charge is 0.496 e. The lowest BCUT2D eigenvalue weighted by molar-refractivity contribution is 0.142. The lowest BCUT2D eigenvalue weighted by Gasteiger charge is -2.17. The number of pyridine rings is 1. The van der Waals surface area contributed by atoms with E-state index in [9.17, 15) is 4.79 Å². The molecule has 0 bridgehead atoms. The number of fused-ring (bicyclic) bond motifs is 2. The molecule has 0 atom stereocenters. The maximum Gasteiger partial charge on any atom is 0.407 e. The number of nitrogens with zero attached hydrogens (tertiary/aromatic N) is 1. The number of amides is 1. The van der Waals surface area contributed by atoms with E-state index in [0.717, 1.165) is 50.1 Å². The Labute approximate surface area is 197 Å². The van der Waals surface area contributed by atoms with Gasteiger partial charge in [0.15, 0.2) is 11.5 Å². The molecule has 0 aliphatic heterocycles. The highest BCUT2D eigenvalue weighted by Crippen LogP contribution is 2.40. The van der Waals surface area contributed by atoms with Crippen LogP contribution in [0.3, 0.4) is 0 Å². The lowest BCUT2D eigenvalue weighted by Crippen LogP contribution is -2.18. The third kappa shape index (κ3) is 4.47. The Kier molecular flexibility index (Phi) is 6.58. The Balaban J connectivity index is 1.89. The summed E-state index contributed by atoms with van der Waals surface area (Å²) in [4.78, 5) is 16.3. The monoisotopic (exact) mass is 461 g/mol. The van der Waals surface area contributed by atoms with Crippen LogP contribution in [0.15, 0.2) is 48.5 Å². The van der Waals surface area contributed by atoms with Gasteiger partial charge in [-0.25, -0.2) is 9.78 Å². The normalized spacial score (nSPS) is 10.7. The molecule has 8 nitrogen and oxygen atoms in total. The fraction of sp³-hybridized carbons (Fsp3) is 0.231. The molecule has 0 spiro atoms. The average Bonchev–Trinajstić information content (AvgIpc) is 2.86. The summed E-state index contributed by atoms with van der Waals surface area (Å²) in [5.41, 5.74) is 5.10. The number of hydrogen-bond acceptors (Lipinski definition) is 7. The van der Waals surface area contributed by atoms with Crippen molar-refractivity contribution in [2.24, 2.45) is 0 Å². The van der Waals surface area contributed by atoms with Crippen LogP contribution in [0.5, 0.6) is 17.2 Å². The summed E-state index contributed by atoms with van der Waals surface area (Å²) >= 11 is 0. The first-order valence-corrected chi connectivity index (χ1v) is 10.7. The van der Waals surface area contributed by atoms with Crippen molar-refractivity contribution in [2.75, 3.05) is 33.7 Å². The second-order valence-electron chi connectivity index (χ2n) is 7.70. The summed E-state index contributed by atoms with van der Waals surface area (Å²) in [5.74, 6) is 1.97. The van der Waals surface area contributed by atoms with E-state index in [1.165, 1.54) is 7.05 Å². The molecule has 0 aliphatic carbocycles. The molecule has 0 fully saturated rings. The Morgan fingerprint density at radius 2 is 1.53 bits per heavy atom. The van der Waals surface area contributed by atoms with Crippen LogP contribution in [0.4, 0.5) is 16.2 Å². The van der Waals surface area contributed by atoms with Gasteiger partial charge in [0.2, 0.25) is 0 Å². The highest BCUT2D eigenvalue weighted by molar-refractivity contribution is 6.10. The fourth-order valence-corrected chi connectivity index (χ4v) is 3.86. The van der Waals surface area contributed by atoms with Crippen molar-refractivity contribution in [3.8, 4) is 17.2 Å². The van der Waals surface area contributed by atoms with Crippen molar-refractivity contribution in [1.82, 2.24) is 10.3 Å². The molecule has 1 heterocycles. The van der Waals surface area contributed by atoms with Gasteiger partial charge in [-0.3, -0.25) is 0 Å². The predicted molar refractivity (Wildman–Crippen MR) is 133 cm³/mol. The van der Waals surface area contributed by atoms with Crippen LogP contribution in [-0.4, -0.2) is 39.5 Å². The van der Waals surface area contributed by atoms with E-state index >= 15 is 0 Å². The van der Waals surface area contributed by atoms with Crippen LogP contribution >= 0.6 is 0 Å². The van der Waals surface area contributed by atoms with Crippen molar-refractivity contribution in [2.45, 2.75) is 13.5 Å². The zero-order valence-electron chi connectivity index (χ0n) is 19.8. The maximum atomic E-state index is 11.5. The smallest absolute Gasteiger partial charge is 0.407 e. The summed E-state index contributed by atoms with van der Waals surface area (Å²) in [6, 6.07) is 15.5. The summed E-state index contributed by atoms with van der Waals surface area (Å²) in [7, 11) is 6.39. The first kappa shape index (κ1) is 23.0. The number of ether oxygens (including phenoxy) is 4. The molecule has 0 saturated heterocycles. The van der Waals surface area contributed by atoms with E-state index in [1.54, 1.807) is 21.3 Å². The molecular weight excluding hydrogens is 434 g/mol. The van der Waals surface area contributed by atoms with Gasteiger partial charge in [0.05, 0.1) is 38.1 Å². The fourth-order valence-electron chi connectivity index (χ4n) is 3.86. The number of rotatable bonds is 7. The quantitative estimate of drug-likeness (QED) is 0.360. The lowest BCUT2D eigenvalue weighted by atomic mass is 10.0. The Morgan fingerprint density at radius 1 is 0.882 bits per heavy atom. The number of aromatic nitrogens is 1. The minimum Gasteiger partial charge on any atom is -0.496 e. The van der Waals surface area contributed by atoms with Crippen LogP contribution in [0, 0.1) is 6.92 Å². The van der Waals surface area contributed by atoms with Crippen molar-refractivity contribution >= 4 is 39.3 Å². The zero-order valence-corrected chi connectivity index (χ0v) is 19.8. The van der Waals surface area contributed by atoms with Gasteiger partial charge in [0, 0.05) is 29.6 Å². The number of carbonyl (C=O) groups excluding carboxylic acids is 1. The van der Waals surface area contributed by atoms with Crippen molar-refractivity contribution in [3.05, 3.63) is 59.7 Å². The number of alkyl carbamates (subject to hydrolysis) is 1. The molecule has 1 aromatic heterocycles. The predicted octanol–water partition coefficient (Wildman–Crippen LogP) is 5.32. The molecule has 1 amide bonds. The molecule has 2 N–H and O–H groups in total. The third-order valence-corrected chi connectivity index (χ3v) is 5.57. The van der Waals surface area contributed by atoms with Gasteiger partial charge in [-0.2, -0.15) is 0 Å². The molecule has 4 aromatic rings. The standard InChI is InChI=1S/C26H27N3O5/c1-15-9-20-18(11-22(15)31-3)25(19-12-23(32-4)24(33-5)13-21(19)29-20)28-17-8-6-7-16(10-17)14-34-26(30)27-2/h6-13H,14H2,1-5H3,(H,27,30)(H,28,29). The van der Waals surface area contributed by atoms with Crippen molar-refractivity contribution in [1.29, 1.82) is 0 Å². The summed E-state index contributed by atoms with van der Waals surface area (Å²) < 4.78 is 21.8. The van der Waals surface area contributed by atoms with E-state index in [4.69, 9.17) is 23.9 Å². The molecular formula is C26H27N3O5. The molecule has 0 radical (unpaired) electrons. The summed E-state index contributed by atoms with van der Waals surface area (Å²) in [6.07, 6.45) is -0.479. The van der Waals surface area contributed by atoms with Crippen molar-refractivity contribution in [3.63, 3.8) is 0 Å². The number of nitrogens with one attached hydrogen (secondary N) is 2. The highest BCUT2D eigenvalue weighted by Gasteiger charge is 2.16. The Hall–Kier alpha value is -4.20. The van der Waals surface area contributed by atoms with Gasteiger partial charge in [0.1, 0.15) is 12.4 Å². The molecule has 34 heavy (non-hydrogen) atoms. The number of methoxy groups -OCH3 is 3. The number of anilines is 2. The van der Waals surface area contributed by atoms with Crippen LogP contribution in [-0.2, 0) is 11.3 Å². The van der Waals surface area contributed by atoms with E-state index < -0.39 is 6.09 Å². The van der Waals surface area contributed by atoms with Gasteiger partial charge in [-0.15, -0.1) is 0 Å².